The first-order valence-corrected chi connectivity index (χ1v) is 11.1. The van der Waals surface area contributed by atoms with Crippen LogP contribution < -0.4 is 0 Å². The molecule has 0 aliphatic carbocycles. The third-order valence-corrected chi connectivity index (χ3v) is 6.49. The van der Waals surface area contributed by atoms with Crippen LogP contribution in [0.1, 0.15) is 40.2 Å². The predicted octanol–water partition coefficient (Wildman–Crippen LogP) is 3.92. The number of furan rings is 1. The van der Waals surface area contributed by atoms with Gasteiger partial charge in [-0.25, -0.2) is 0 Å². The van der Waals surface area contributed by atoms with Gasteiger partial charge in [0.25, 0.3) is 5.91 Å². The summed E-state index contributed by atoms with van der Waals surface area (Å²) in [6, 6.07) is 14.6. The normalized spacial score (nSPS) is 16.1. The number of likely N-dealkylation sites (N-methyl/N-ethyl adjacent to an activating group) is 1. The lowest BCUT2D eigenvalue weighted by Gasteiger charge is -2.40. The molecule has 2 aromatic heterocycles. The molecular formula is C25H32N4O2. The second kappa shape index (κ2) is 9.52. The van der Waals surface area contributed by atoms with Crippen LogP contribution in [0.25, 0.3) is 0 Å². The van der Waals surface area contributed by atoms with E-state index in [-0.39, 0.29) is 5.91 Å². The van der Waals surface area contributed by atoms with Crippen LogP contribution in [0.4, 0.5) is 0 Å². The van der Waals surface area contributed by atoms with Gasteiger partial charge in [0, 0.05) is 44.5 Å². The minimum atomic E-state index is 0.00222. The van der Waals surface area contributed by atoms with Crippen molar-refractivity contribution < 1.29 is 9.21 Å². The largest absolute Gasteiger partial charge is 0.459 e. The molecule has 3 heterocycles. The fourth-order valence-corrected chi connectivity index (χ4v) is 4.77. The second-order valence-corrected chi connectivity index (χ2v) is 8.69. The van der Waals surface area contributed by atoms with Crippen molar-refractivity contribution in [2.45, 2.75) is 38.8 Å². The van der Waals surface area contributed by atoms with Crippen LogP contribution >= 0.6 is 0 Å². The zero-order chi connectivity index (χ0) is 21.8. The van der Waals surface area contributed by atoms with Crippen LogP contribution in [0, 0.1) is 12.8 Å². The standard InChI is InChI=1S/C25H32N4O2/c1-19-22(18-28(3)26-19)17-27(2)23(16-20-8-5-4-6-9-20)21-11-13-29(14-12-21)25(30)24-10-7-15-31-24/h4-10,15,18,21,23H,11-14,16-17H2,1-3H3. The lowest BCUT2D eigenvalue weighted by Crippen LogP contribution is -2.46. The summed E-state index contributed by atoms with van der Waals surface area (Å²) < 4.78 is 7.20. The van der Waals surface area contributed by atoms with Gasteiger partial charge in [-0.1, -0.05) is 30.3 Å². The Kier molecular flexibility index (Phi) is 6.56. The van der Waals surface area contributed by atoms with Crippen molar-refractivity contribution in [1.82, 2.24) is 19.6 Å². The molecule has 1 saturated heterocycles. The van der Waals surface area contributed by atoms with E-state index in [9.17, 15) is 4.79 Å². The third kappa shape index (κ3) is 5.07. The molecular weight excluding hydrogens is 388 g/mol. The quantitative estimate of drug-likeness (QED) is 0.581. The van der Waals surface area contributed by atoms with Crippen LogP contribution in [-0.4, -0.2) is 51.7 Å². The van der Waals surface area contributed by atoms with Crippen molar-refractivity contribution in [1.29, 1.82) is 0 Å². The third-order valence-electron chi connectivity index (χ3n) is 6.49. The Bertz CT molecular complexity index is 972. The van der Waals surface area contributed by atoms with Gasteiger partial charge < -0.3 is 9.32 Å². The smallest absolute Gasteiger partial charge is 0.289 e. The highest BCUT2D eigenvalue weighted by atomic mass is 16.3. The second-order valence-electron chi connectivity index (χ2n) is 8.69. The molecule has 0 radical (unpaired) electrons. The van der Waals surface area contributed by atoms with E-state index in [0.717, 1.165) is 44.6 Å². The Morgan fingerprint density at radius 2 is 1.94 bits per heavy atom. The van der Waals surface area contributed by atoms with Gasteiger partial charge in [-0.05, 0) is 56.8 Å². The van der Waals surface area contributed by atoms with E-state index in [1.165, 1.54) is 11.1 Å². The maximum absolute atomic E-state index is 12.7. The van der Waals surface area contributed by atoms with E-state index >= 15 is 0 Å². The number of aromatic nitrogens is 2. The van der Waals surface area contributed by atoms with Crippen molar-refractivity contribution in [2.24, 2.45) is 13.0 Å². The summed E-state index contributed by atoms with van der Waals surface area (Å²) in [4.78, 5) is 17.1. The van der Waals surface area contributed by atoms with Crippen molar-refractivity contribution in [3.8, 4) is 0 Å². The Hall–Kier alpha value is -2.86. The Balaban J connectivity index is 1.46. The molecule has 164 valence electrons. The molecule has 1 fully saturated rings. The fourth-order valence-electron chi connectivity index (χ4n) is 4.77. The molecule has 1 aliphatic rings. The van der Waals surface area contributed by atoms with E-state index in [0.29, 0.717) is 17.7 Å². The van der Waals surface area contributed by atoms with E-state index in [2.05, 4.69) is 60.5 Å². The first kappa shape index (κ1) is 21.4. The number of nitrogens with zero attached hydrogens (tertiary/aromatic N) is 4. The number of likely N-dealkylation sites (tertiary alicyclic amines) is 1. The zero-order valence-corrected chi connectivity index (χ0v) is 18.7. The number of carbonyl (C=O) groups is 1. The average molecular weight is 421 g/mol. The van der Waals surface area contributed by atoms with E-state index in [1.54, 1.807) is 18.4 Å². The molecule has 0 spiro atoms. The maximum atomic E-state index is 12.7. The van der Waals surface area contributed by atoms with Crippen LogP contribution in [0.3, 0.4) is 0 Å². The van der Waals surface area contributed by atoms with Gasteiger partial charge in [0.05, 0.1) is 12.0 Å². The molecule has 4 rings (SSSR count). The highest BCUT2D eigenvalue weighted by Gasteiger charge is 2.32. The molecule has 6 heteroatoms. The van der Waals surface area contributed by atoms with Gasteiger partial charge in [-0.3, -0.25) is 14.4 Å². The summed E-state index contributed by atoms with van der Waals surface area (Å²) in [5.74, 6) is 0.966. The van der Waals surface area contributed by atoms with E-state index < -0.39 is 0 Å². The lowest BCUT2D eigenvalue weighted by atomic mass is 9.84. The molecule has 1 amide bonds. The van der Waals surface area contributed by atoms with Gasteiger partial charge >= 0.3 is 0 Å². The minimum absolute atomic E-state index is 0.00222. The van der Waals surface area contributed by atoms with Gasteiger partial charge in [-0.2, -0.15) is 5.10 Å². The molecule has 1 aliphatic heterocycles. The minimum Gasteiger partial charge on any atom is -0.459 e. The number of amides is 1. The maximum Gasteiger partial charge on any atom is 0.289 e. The number of carbonyl (C=O) groups excluding carboxylic acids is 1. The summed E-state index contributed by atoms with van der Waals surface area (Å²) in [5.41, 5.74) is 3.72. The van der Waals surface area contributed by atoms with Crippen molar-refractivity contribution in [3.05, 3.63) is 77.5 Å². The SMILES string of the molecule is Cc1nn(C)cc1CN(C)C(Cc1ccccc1)C1CCN(C(=O)c2ccco2)CC1. The van der Waals surface area contributed by atoms with E-state index in [4.69, 9.17) is 4.42 Å². The number of aryl methyl sites for hydroxylation is 2. The Labute approximate surface area is 184 Å². The molecule has 0 saturated carbocycles. The number of hydrogen-bond acceptors (Lipinski definition) is 4. The van der Waals surface area contributed by atoms with Crippen LogP contribution in [0.15, 0.2) is 59.3 Å². The average Bonchev–Trinajstić information content (AvgIpc) is 3.42. The first-order valence-electron chi connectivity index (χ1n) is 11.1. The molecule has 1 unspecified atom stereocenters. The summed E-state index contributed by atoms with van der Waals surface area (Å²) in [6.07, 6.45) is 6.69. The first-order chi connectivity index (χ1) is 15.0. The number of hydrogen-bond donors (Lipinski definition) is 0. The van der Waals surface area contributed by atoms with Crippen molar-refractivity contribution in [3.63, 3.8) is 0 Å². The monoisotopic (exact) mass is 420 g/mol. The van der Waals surface area contributed by atoms with Gasteiger partial charge in [0.2, 0.25) is 0 Å². The summed E-state index contributed by atoms with van der Waals surface area (Å²) in [5, 5.41) is 4.51. The molecule has 1 atom stereocenters. The fraction of sp³-hybridized carbons (Fsp3) is 0.440. The number of piperidine rings is 1. The number of benzene rings is 1. The zero-order valence-electron chi connectivity index (χ0n) is 18.7. The molecule has 0 bridgehead atoms. The summed E-state index contributed by atoms with van der Waals surface area (Å²) >= 11 is 0. The topological polar surface area (TPSA) is 54.5 Å². The highest BCUT2D eigenvalue weighted by Crippen LogP contribution is 2.28. The molecule has 6 nitrogen and oxygen atoms in total. The molecule has 3 aromatic rings. The van der Waals surface area contributed by atoms with Crippen molar-refractivity contribution >= 4 is 5.91 Å². The van der Waals surface area contributed by atoms with Gasteiger partial charge in [0.1, 0.15) is 0 Å². The predicted molar refractivity (Wildman–Crippen MR) is 121 cm³/mol. The Morgan fingerprint density at radius 3 is 2.55 bits per heavy atom. The molecule has 31 heavy (non-hydrogen) atoms. The van der Waals surface area contributed by atoms with Crippen LogP contribution in [0.2, 0.25) is 0 Å². The van der Waals surface area contributed by atoms with Gasteiger partial charge in [0.15, 0.2) is 5.76 Å². The Morgan fingerprint density at radius 1 is 1.19 bits per heavy atom. The number of rotatable bonds is 7. The molecule has 1 aromatic carbocycles. The van der Waals surface area contributed by atoms with E-state index in [1.807, 2.05) is 16.6 Å². The highest BCUT2D eigenvalue weighted by molar-refractivity contribution is 5.91. The van der Waals surface area contributed by atoms with Crippen LogP contribution in [0.5, 0.6) is 0 Å². The lowest BCUT2D eigenvalue weighted by molar-refractivity contribution is 0.0574. The van der Waals surface area contributed by atoms with Crippen molar-refractivity contribution in [2.75, 3.05) is 20.1 Å². The van der Waals surface area contributed by atoms with Gasteiger partial charge in [-0.15, -0.1) is 0 Å². The summed E-state index contributed by atoms with van der Waals surface area (Å²) in [6.45, 7) is 4.50. The molecule has 0 N–H and O–H groups in total. The summed E-state index contributed by atoms with van der Waals surface area (Å²) in [7, 11) is 4.20. The van der Waals surface area contributed by atoms with Crippen LogP contribution in [-0.2, 0) is 20.0 Å².